The molecule has 0 saturated carbocycles. The van der Waals surface area contributed by atoms with Crippen LogP contribution < -0.4 is 20.1 Å². The lowest BCUT2D eigenvalue weighted by atomic mass is 10.0. The third-order valence-electron chi connectivity index (χ3n) is 5.33. The fourth-order valence-corrected chi connectivity index (χ4v) is 4.92. The summed E-state index contributed by atoms with van der Waals surface area (Å²) in [7, 11) is 1.22. The number of thiazole rings is 2. The highest BCUT2D eigenvalue weighted by Gasteiger charge is 2.46. The van der Waals surface area contributed by atoms with E-state index in [4.69, 9.17) is 9.47 Å². The number of nitrogens with one attached hydrogen (secondary N) is 2. The predicted molar refractivity (Wildman–Crippen MR) is 122 cm³/mol. The molecule has 0 spiro atoms. The maximum absolute atomic E-state index is 13.4. The smallest absolute Gasteiger partial charge is 0.357 e. The molecule has 2 atom stereocenters. The van der Waals surface area contributed by atoms with Crippen LogP contribution in [0.25, 0.3) is 0 Å². The first kappa shape index (κ1) is 22.7. The molecule has 2 N–H and O–H groups in total. The van der Waals surface area contributed by atoms with E-state index in [1.54, 1.807) is 29.1 Å². The van der Waals surface area contributed by atoms with Crippen LogP contribution in [0.1, 0.15) is 27.8 Å². The van der Waals surface area contributed by atoms with Crippen LogP contribution in [-0.4, -0.2) is 58.6 Å². The van der Waals surface area contributed by atoms with E-state index in [9.17, 15) is 19.2 Å². The second kappa shape index (κ2) is 9.31. The number of benzene rings is 1. The fourth-order valence-electron chi connectivity index (χ4n) is 3.66. The van der Waals surface area contributed by atoms with Crippen LogP contribution in [0.3, 0.4) is 0 Å². The lowest BCUT2D eigenvalue weighted by Gasteiger charge is -2.23. The molecular formula is C21H17N5O7S2. The zero-order valence-corrected chi connectivity index (χ0v) is 19.7. The highest BCUT2D eigenvalue weighted by atomic mass is 32.1. The third kappa shape index (κ3) is 4.40. The molecule has 3 aromatic rings. The van der Waals surface area contributed by atoms with E-state index >= 15 is 0 Å². The average Bonchev–Trinajstić information content (AvgIpc) is 3.65. The number of fused-ring (bicyclic) bond motifs is 1. The monoisotopic (exact) mass is 515 g/mol. The van der Waals surface area contributed by atoms with Crippen molar-refractivity contribution in [3.05, 3.63) is 51.4 Å². The van der Waals surface area contributed by atoms with E-state index < -0.39 is 35.9 Å². The number of rotatable bonds is 7. The van der Waals surface area contributed by atoms with Crippen molar-refractivity contribution in [1.29, 1.82) is 0 Å². The Bertz CT molecular complexity index is 1310. The number of hydrogen-bond acceptors (Lipinski definition) is 11. The molecule has 1 fully saturated rings. The molecule has 1 aromatic carbocycles. The third-order valence-corrected chi connectivity index (χ3v) is 6.72. The molecule has 0 bridgehead atoms. The van der Waals surface area contributed by atoms with E-state index in [1.165, 1.54) is 23.8 Å². The standard InChI is InChI=1S/C21H17N5O7S2/c1-31-19(29)12-7-35-20(23-12)25-17(27)13(5-11-6-34-8-22-11)26-18(28)16(24-21(26)30)10-2-3-14-15(4-10)33-9-32-14/h2-4,6-8,13,16H,5,9H2,1H3,(H,24,30)(H,23,25,27)/t13-,16?/m0/s1. The van der Waals surface area contributed by atoms with E-state index in [0.29, 0.717) is 22.8 Å². The van der Waals surface area contributed by atoms with Crippen molar-refractivity contribution < 1.29 is 33.4 Å². The second-order valence-electron chi connectivity index (χ2n) is 7.42. The van der Waals surface area contributed by atoms with Crippen LogP contribution >= 0.6 is 22.7 Å². The molecule has 2 aromatic heterocycles. The number of hydrogen-bond donors (Lipinski definition) is 2. The number of carbonyl (C=O) groups excluding carboxylic acids is 4. The van der Waals surface area contributed by atoms with Gasteiger partial charge in [-0.1, -0.05) is 6.07 Å². The van der Waals surface area contributed by atoms with Crippen LogP contribution in [-0.2, 0) is 20.7 Å². The average molecular weight is 516 g/mol. The maximum atomic E-state index is 13.4. The van der Waals surface area contributed by atoms with Crippen LogP contribution in [0.4, 0.5) is 9.93 Å². The Labute approximate surface area is 205 Å². The first-order chi connectivity index (χ1) is 16.9. The van der Waals surface area contributed by atoms with Crippen molar-refractivity contribution in [2.45, 2.75) is 18.5 Å². The molecule has 4 heterocycles. The quantitative estimate of drug-likeness (QED) is 0.356. The summed E-state index contributed by atoms with van der Waals surface area (Å²) in [5.41, 5.74) is 2.65. The predicted octanol–water partition coefficient (Wildman–Crippen LogP) is 1.96. The van der Waals surface area contributed by atoms with Gasteiger partial charge < -0.3 is 24.8 Å². The van der Waals surface area contributed by atoms with Gasteiger partial charge in [0.05, 0.1) is 18.3 Å². The number of imide groups is 1. The molecule has 5 rings (SSSR count). The van der Waals surface area contributed by atoms with Crippen LogP contribution in [0.15, 0.2) is 34.5 Å². The Balaban J connectivity index is 1.40. The van der Waals surface area contributed by atoms with Gasteiger partial charge in [-0.3, -0.25) is 9.59 Å². The number of nitrogens with zero attached hydrogens (tertiary/aromatic N) is 3. The van der Waals surface area contributed by atoms with E-state index in [0.717, 1.165) is 16.2 Å². The van der Waals surface area contributed by atoms with Crippen molar-refractivity contribution in [1.82, 2.24) is 20.2 Å². The lowest BCUT2D eigenvalue weighted by molar-refractivity contribution is -0.134. The van der Waals surface area contributed by atoms with Gasteiger partial charge in [-0.05, 0) is 17.7 Å². The highest BCUT2D eigenvalue weighted by Crippen LogP contribution is 2.36. The summed E-state index contributed by atoms with van der Waals surface area (Å²) in [6.45, 7) is 0.0697. The summed E-state index contributed by atoms with van der Waals surface area (Å²) in [5, 5.41) is 8.51. The minimum atomic E-state index is -1.21. The molecule has 2 aliphatic heterocycles. The molecule has 14 heteroatoms. The number of ether oxygens (including phenoxy) is 3. The Morgan fingerprint density at radius 1 is 1.29 bits per heavy atom. The molecule has 180 valence electrons. The van der Waals surface area contributed by atoms with Gasteiger partial charge in [0.1, 0.15) is 12.1 Å². The van der Waals surface area contributed by atoms with Gasteiger partial charge in [0.25, 0.3) is 5.91 Å². The Morgan fingerprint density at radius 3 is 2.89 bits per heavy atom. The van der Waals surface area contributed by atoms with Gasteiger partial charge in [-0.15, -0.1) is 22.7 Å². The summed E-state index contributed by atoms with van der Waals surface area (Å²) in [4.78, 5) is 60.3. The number of esters is 1. The summed E-state index contributed by atoms with van der Waals surface area (Å²) >= 11 is 2.34. The van der Waals surface area contributed by atoms with Gasteiger partial charge in [-0.2, -0.15) is 0 Å². The zero-order chi connectivity index (χ0) is 24.5. The maximum Gasteiger partial charge on any atom is 0.357 e. The number of urea groups is 1. The number of anilines is 1. The highest BCUT2D eigenvalue weighted by molar-refractivity contribution is 7.14. The Kier molecular flexibility index (Phi) is 6.05. The molecule has 0 aliphatic carbocycles. The molecule has 1 unspecified atom stereocenters. The van der Waals surface area contributed by atoms with Crippen molar-refractivity contribution in [2.75, 3.05) is 19.2 Å². The van der Waals surface area contributed by atoms with Gasteiger partial charge in [0.15, 0.2) is 22.3 Å². The minimum Gasteiger partial charge on any atom is -0.464 e. The summed E-state index contributed by atoms with van der Waals surface area (Å²) < 4.78 is 15.3. The molecule has 1 saturated heterocycles. The lowest BCUT2D eigenvalue weighted by Crippen LogP contribution is -2.49. The van der Waals surface area contributed by atoms with Gasteiger partial charge in [0.2, 0.25) is 12.7 Å². The molecule has 12 nitrogen and oxygen atoms in total. The molecule has 2 aliphatic rings. The largest absolute Gasteiger partial charge is 0.464 e. The summed E-state index contributed by atoms with van der Waals surface area (Å²) in [6.07, 6.45) is -0.00239. The SMILES string of the molecule is COC(=O)c1csc(NC(=O)[C@H](Cc2cscn2)N2C(=O)NC(c3ccc4c(c3)OCO4)C2=O)n1. The van der Waals surface area contributed by atoms with Crippen LogP contribution in [0.2, 0.25) is 0 Å². The minimum absolute atomic E-state index is 0.00239. The first-order valence-electron chi connectivity index (χ1n) is 10.2. The Hall–Kier alpha value is -4.04. The zero-order valence-electron chi connectivity index (χ0n) is 18.0. The molecule has 35 heavy (non-hydrogen) atoms. The summed E-state index contributed by atoms with van der Waals surface area (Å²) in [5.74, 6) is -0.901. The van der Waals surface area contributed by atoms with Crippen molar-refractivity contribution in [2.24, 2.45) is 0 Å². The number of aromatic nitrogens is 2. The van der Waals surface area contributed by atoms with Gasteiger partial charge >= 0.3 is 12.0 Å². The van der Waals surface area contributed by atoms with E-state index in [1.807, 2.05) is 0 Å². The fraction of sp³-hybridized carbons (Fsp3) is 0.238. The normalized spacial score (nSPS) is 17.3. The Morgan fingerprint density at radius 2 is 2.11 bits per heavy atom. The van der Waals surface area contributed by atoms with Crippen molar-refractivity contribution in [3.63, 3.8) is 0 Å². The van der Waals surface area contributed by atoms with Crippen molar-refractivity contribution >= 4 is 51.6 Å². The van der Waals surface area contributed by atoms with Crippen molar-refractivity contribution in [3.8, 4) is 11.5 Å². The number of amides is 4. The van der Waals surface area contributed by atoms with E-state index in [2.05, 4.69) is 25.3 Å². The second-order valence-corrected chi connectivity index (χ2v) is 9.00. The van der Waals surface area contributed by atoms with Crippen LogP contribution in [0.5, 0.6) is 11.5 Å². The topological polar surface area (TPSA) is 149 Å². The molecule has 4 amide bonds. The van der Waals surface area contributed by atoms with Gasteiger partial charge in [-0.25, -0.2) is 24.5 Å². The number of methoxy groups -OCH3 is 1. The van der Waals surface area contributed by atoms with E-state index in [-0.39, 0.29) is 24.0 Å². The molecular weight excluding hydrogens is 498 g/mol. The number of carbonyl (C=O) groups is 4. The molecule has 0 radical (unpaired) electrons. The summed E-state index contributed by atoms with van der Waals surface area (Å²) in [6, 6.07) is 1.98. The first-order valence-corrected chi connectivity index (χ1v) is 12.0. The van der Waals surface area contributed by atoms with Crippen LogP contribution in [0, 0.1) is 0 Å². The van der Waals surface area contributed by atoms with Gasteiger partial charge in [0, 0.05) is 17.2 Å².